The Kier molecular flexibility index (Phi) is 8.30. The van der Waals surface area contributed by atoms with Crippen molar-refractivity contribution in [2.24, 2.45) is 0 Å². The lowest BCUT2D eigenvalue weighted by Gasteiger charge is -2.19. The number of ether oxygens (including phenoxy) is 1. The van der Waals surface area contributed by atoms with Gasteiger partial charge in [0, 0.05) is 37.3 Å². The topological polar surface area (TPSA) is 24.5 Å². The summed E-state index contributed by atoms with van der Waals surface area (Å²) in [5.41, 5.74) is 1.37. The minimum Gasteiger partial charge on any atom is -0.383 e. The van der Waals surface area contributed by atoms with Gasteiger partial charge >= 0.3 is 0 Å². The number of hydrogen-bond donors (Lipinski definition) is 1. The minimum atomic E-state index is 0.497. The van der Waals surface area contributed by atoms with Crippen molar-refractivity contribution in [1.29, 1.82) is 0 Å². The van der Waals surface area contributed by atoms with Gasteiger partial charge in [0.15, 0.2) is 0 Å². The Hall–Kier alpha value is -0.420. The molecular weight excluding hydrogens is 304 g/mol. The summed E-state index contributed by atoms with van der Waals surface area (Å²) in [5, 5.41) is 3.56. The Morgan fingerprint density at radius 3 is 2.58 bits per heavy atom. The predicted molar refractivity (Wildman–Crippen MR) is 84.7 cm³/mol. The van der Waals surface area contributed by atoms with Crippen molar-refractivity contribution < 1.29 is 4.74 Å². The maximum Gasteiger partial charge on any atom is 0.0589 e. The molecule has 19 heavy (non-hydrogen) atoms. The van der Waals surface area contributed by atoms with E-state index < -0.39 is 0 Å². The summed E-state index contributed by atoms with van der Waals surface area (Å²) >= 11 is 3.46. The molecule has 1 rings (SSSR count). The number of methoxy groups -OCH3 is 1. The van der Waals surface area contributed by atoms with E-state index in [-0.39, 0.29) is 0 Å². The third-order valence-corrected chi connectivity index (χ3v) is 3.65. The molecule has 1 unspecified atom stereocenters. The molecule has 1 aromatic carbocycles. The second-order valence-corrected chi connectivity index (χ2v) is 5.90. The highest BCUT2D eigenvalue weighted by atomic mass is 79.9. The van der Waals surface area contributed by atoms with Gasteiger partial charge < -0.3 is 15.0 Å². The molecule has 1 aromatic rings. The molecular formula is C15H25BrN2O. The lowest BCUT2D eigenvalue weighted by atomic mass is 10.1. The van der Waals surface area contributed by atoms with E-state index >= 15 is 0 Å². The van der Waals surface area contributed by atoms with Gasteiger partial charge in [0.05, 0.1) is 6.61 Å². The molecule has 0 amide bonds. The van der Waals surface area contributed by atoms with Crippen LogP contribution in [0.1, 0.15) is 12.5 Å². The van der Waals surface area contributed by atoms with Gasteiger partial charge in [-0.25, -0.2) is 0 Å². The summed E-state index contributed by atoms with van der Waals surface area (Å²) in [5.74, 6) is 0. The first-order chi connectivity index (χ1) is 9.11. The van der Waals surface area contributed by atoms with Crippen LogP contribution in [0.5, 0.6) is 0 Å². The van der Waals surface area contributed by atoms with Crippen molar-refractivity contribution >= 4 is 15.9 Å². The average molecular weight is 329 g/mol. The highest BCUT2D eigenvalue weighted by Crippen LogP contribution is 2.11. The zero-order valence-corrected chi connectivity index (χ0v) is 13.7. The van der Waals surface area contributed by atoms with Gasteiger partial charge in [-0.15, -0.1) is 0 Å². The van der Waals surface area contributed by atoms with E-state index in [1.807, 2.05) is 0 Å². The molecule has 0 bridgehead atoms. The molecule has 0 aliphatic carbocycles. The summed E-state index contributed by atoms with van der Waals surface area (Å²) < 4.78 is 6.20. The first-order valence-electron chi connectivity index (χ1n) is 6.77. The SMILES string of the molecule is COCCN(C)CCNC(C)Cc1ccc(Br)cc1. The van der Waals surface area contributed by atoms with Crippen LogP contribution in [0.15, 0.2) is 28.7 Å². The Bertz CT molecular complexity index is 343. The molecule has 0 saturated heterocycles. The van der Waals surface area contributed by atoms with Crippen molar-refractivity contribution in [3.63, 3.8) is 0 Å². The lowest BCUT2D eigenvalue weighted by Crippen LogP contribution is -2.36. The highest BCUT2D eigenvalue weighted by Gasteiger charge is 2.04. The molecule has 0 spiro atoms. The van der Waals surface area contributed by atoms with Gasteiger partial charge in [0.1, 0.15) is 0 Å². The molecule has 0 aromatic heterocycles. The third-order valence-electron chi connectivity index (χ3n) is 3.12. The van der Waals surface area contributed by atoms with Crippen LogP contribution in [-0.2, 0) is 11.2 Å². The van der Waals surface area contributed by atoms with Crippen molar-refractivity contribution in [3.8, 4) is 0 Å². The normalized spacial score (nSPS) is 12.9. The number of nitrogens with one attached hydrogen (secondary N) is 1. The quantitative estimate of drug-likeness (QED) is 0.754. The first kappa shape index (κ1) is 16.6. The van der Waals surface area contributed by atoms with Crippen LogP contribution in [0.2, 0.25) is 0 Å². The van der Waals surface area contributed by atoms with E-state index in [4.69, 9.17) is 4.74 Å². The maximum atomic E-state index is 5.06. The van der Waals surface area contributed by atoms with Crippen LogP contribution in [-0.4, -0.2) is 51.3 Å². The molecule has 0 aliphatic heterocycles. The van der Waals surface area contributed by atoms with Gasteiger partial charge in [-0.3, -0.25) is 0 Å². The molecule has 4 heteroatoms. The summed E-state index contributed by atoms with van der Waals surface area (Å²) in [7, 11) is 3.87. The molecule has 0 aliphatic rings. The average Bonchev–Trinajstić information content (AvgIpc) is 2.39. The zero-order chi connectivity index (χ0) is 14.1. The van der Waals surface area contributed by atoms with Gasteiger partial charge in [-0.2, -0.15) is 0 Å². The zero-order valence-electron chi connectivity index (χ0n) is 12.2. The van der Waals surface area contributed by atoms with Crippen molar-refractivity contribution in [2.75, 3.05) is 40.4 Å². The van der Waals surface area contributed by atoms with Crippen LogP contribution in [0.3, 0.4) is 0 Å². The summed E-state index contributed by atoms with van der Waals surface area (Å²) in [6.07, 6.45) is 1.06. The van der Waals surface area contributed by atoms with E-state index in [1.54, 1.807) is 7.11 Å². The lowest BCUT2D eigenvalue weighted by molar-refractivity contribution is 0.161. The second-order valence-electron chi connectivity index (χ2n) is 4.98. The van der Waals surface area contributed by atoms with Crippen molar-refractivity contribution in [2.45, 2.75) is 19.4 Å². The maximum absolute atomic E-state index is 5.06. The van der Waals surface area contributed by atoms with Gasteiger partial charge in [-0.05, 0) is 38.1 Å². The van der Waals surface area contributed by atoms with Crippen LogP contribution >= 0.6 is 15.9 Å². The second kappa shape index (κ2) is 9.48. The highest BCUT2D eigenvalue weighted by molar-refractivity contribution is 9.10. The third kappa shape index (κ3) is 7.67. The van der Waals surface area contributed by atoms with E-state index in [1.165, 1.54) is 5.56 Å². The smallest absolute Gasteiger partial charge is 0.0589 e. The number of nitrogens with zero attached hydrogens (tertiary/aromatic N) is 1. The van der Waals surface area contributed by atoms with Gasteiger partial charge in [0.25, 0.3) is 0 Å². The van der Waals surface area contributed by atoms with E-state index in [0.717, 1.165) is 37.1 Å². The Morgan fingerprint density at radius 1 is 1.26 bits per heavy atom. The van der Waals surface area contributed by atoms with E-state index in [0.29, 0.717) is 6.04 Å². The Balaban J connectivity index is 2.17. The Labute approximate surface area is 125 Å². The minimum absolute atomic E-state index is 0.497. The molecule has 0 saturated carbocycles. The number of hydrogen-bond acceptors (Lipinski definition) is 3. The molecule has 1 atom stereocenters. The molecule has 108 valence electrons. The summed E-state index contributed by atoms with van der Waals surface area (Å²) in [6.45, 7) is 6.08. The number of likely N-dealkylation sites (N-methyl/N-ethyl adjacent to an activating group) is 1. The summed E-state index contributed by atoms with van der Waals surface area (Å²) in [4.78, 5) is 2.28. The van der Waals surface area contributed by atoms with Crippen molar-refractivity contribution in [3.05, 3.63) is 34.3 Å². The predicted octanol–water partition coefficient (Wildman–Crippen LogP) is 2.55. The molecule has 3 nitrogen and oxygen atoms in total. The van der Waals surface area contributed by atoms with Crippen LogP contribution in [0.25, 0.3) is 0 Å². The molecule has 0 heterocycles. The van der Waals surface area contributed by atoms with Crippen LogP contribution < -0.4 is 5.32 Å². The van der Waals surface area contributed by atoms with Gasteiger partial charge in [0.2, 0.25) is 0 Å². The number of halogens is 1. The molecule has 0 radical (unpaired) electrons. The number of rotatable bonds is 9. The number of benzene rings is 1. The fourth-order valence-corrected chi connectivity index (χ4v) is 2.17. The Morgan fingerprint density at radius 2 is 1.95 bits per heavy atom. The summed E-state index contributed by atoms with van der Waals surface area (Å²) in [6, 6.07) is 9.04. The van der Waals surface area contributed by atoms with E-state index in [9.17, 15) is 0 Å². The fraction of sp³-hybridized carbons (Fsp3) is 0.600. The monoisotopic (exact) mass is 328 g/mol. The van der Waals surface area contributed by atoms with E-state index in [2.05, 4.69) is 64.4 Å². The van der Waals surface area contributed by atoms with Crippen LogP contribution in [0, 0.1) is 0 Å². The van der Waals surface area contributed by atoms with Gasteiger partial charge in [-0.1, -0.05) is 28.1 Å². The first-order valence-corrected chi connectivity index (χ1v) is 7.56. The van der Waals surface area contributed by atoms with Crippen LogP contribution in [0.4, 0.5) is 0 Å². The largest absolute Gasteiger partial charge is 0.383 e. The fourth-order valence-electron chi connectivity index (χ4n) is 1.91. The molecule has 1 N–H and O–H groups in total. The molecule has 0 fully saturated rings. The van der Waals surface area contributed by atoms with Crippen molar-refractivity contribution in [1.82, 2.24) is 10.2 Å². The standard InChI is InChI=1S/C15H25BrN2O/c1-13(12-14-4-6-15(16)7-5-14)17-8-9-18(2)10-11-19-3/h4-7,13,17H,8-12H2,1-3H3.